The van der Waals surface area contributed by atoms with Crippen LogP contribution in [0.1, 0.15) is 52.4 Å². The quantitative estimate of drug-likeness (QED) is 0.846. The van der Waals surface area contributed by atoms with Crippen LogP contribution in [0.4, 0.5) is 4.79 Å². The number of hydrogen-bond donors (Lipinski definition) is 1. The first-order valence-corrected chi connectivity index (χ1v) is 7.84. The Morgan fingerprint density at radius 1 is 1.15 bits per heavy atom. The highest BCUT2D eigenvalue weighted by atomic mass is 16.4. The number of aliphatic carboxylic acids is 1. The van der Waals surface area contributed by atoms with Crippen LogP contribution < -0.4 is 0 Å². The van der Waals surface area contributed by atoms with Crippen molar-refractivity contribution in [2.24, 2.45) is 5.92 Å². The van der Waals surface area contributed by atoms with Crippen molar-refractivity contribution in [3.05, 3.63) is 0 Å². The number of carboxylic acid groups (broad SMARTS) is 1. The van der Waals surface area contributed by atoms with Gasteiger partial charge in [0.15, 0.2) is 0 Å². The van der Waals surface area contributed by atoms with Gasteiger partial charge in [0.25, 0.3) is 0 Å². The van der Waals surface area contributed by atoms with Crippen LogP contribution in [0.15, 0.2) is 0 Å². The molecular weight excluding hydrogens is 256 g/mol. The van der Waals surface area contributed by atoms with E-state index in [0.29, 0.717) is 25.4 Å². The number of urea groups is 1. The van der Waals surface area contributed by atoms with Crippen molar-refractivity contribution in [2.45, 2.75) is 64.5 Å². The fraction of sp³-hybridized carbons (Fsp3) is 0.867. The van der Waals surface area contributed by atoms with Crippen molar-refractivity contribution in [2.75, 3.05) is 13.1 Å². The van der Waals surface area contributed by atoms with E-state index in [4.69, 9.17) is 5.11 Å². The Balaban J connectivity index is 2.00. The standard InChI is InChI=1S/C15H26N2O3/c1-3-13-6-4-5-8-17(13)15(20)16-9-7-12(14(18)19)10-11(16)2/h11-13H,3-10H2,1-2H3,(H,18,19). The number of hydrogen-bond acceptors (Lipinski definition) is 2. The van der Waals surface area contributed by atoms with E-state index in [1.54, 1.807) is 0 Å². The van der Waals surface area contributed by atoms with Crippen molar-refractivity contribution < 1.29 is 14.7 Å². The molecule has 2 aliphatic rings. The summed E-state index contributed by atoms with van der Waals surface area (Å²) in [5.41, 5.74) is 0. The minimum Gasteiger partial charge on any atom is -0.481 e. The smallest absolute Gasteiger partial charge is 0.320 e. The van der Waals surface area contributed by atoms with Gasteiger partial charge < -0.3 is 14.9 Å². The van der Waals surface area contributed by atoms with Gasteiger partial charge in [-0.05, 0) is 45.4 Å². The summed E-state index contributed by atoms with van der Waals surface area (Å²) < 4.78 is 0. The van der Waals surface area contributed by atoms with Gasteiger partial charge in [0.05, 0.1) is 5.92 Å². The summed E-state index contributed by atoms with van der Waals surface area (Å²) in [6, 6.07) is 0.505. The number of likely N-dealkylation sites (tertiary alicyclic amines) is 2. The number of carbonyl (C=O) groups is 2. The molecule has 114 valence electrons. The Hall–Kier alpha value is -1.26. The second-order valence-electron chi connectivity index (χ2n) is 6.14. The molecular formula is C15H26N2O3. The Morgan fingerprint density at radius 3 is 2.50 bits per heavy atom. The largest absolute Gasteiger partial charge is 0.481 e. The molecule has 0 spiro atoms. The summed E-state index contributed by atoms with van der Waals surface area (Å²) >= 11 is 0. The molecule has 3 atom stereocenters. The fourth-order valence-electron chi connectivity index (χ4n) is 3.52. The first-order valence-electron chi connectivity index (χ1n) is 7.84. The Labute approximate surface area is 120 Å². The lowest BCUT2D eigenvalue weighted by atomic mass is 9.91. The number of carboxylic acids is 1. The molecule has 0 aromatic carbocycles. The van der Waals surface area contributed by atoms with Crippen molar-refractivity contribution in [3.8, 4) is 0 Å². The summed E-state index contributed by atoms with van der Waals surface area (Å²) in [5.74, 6) is -1.02. The van der Waals surface area contributed by atoms with E-state index in [0.717, 1.165) is 25.8 Å². The third-order valence-corrected chi connectivity index (χ3v) is 4.82. The molecule has 0 radical (unpaired) electrons. The third-order valence-electron chi connectivity index (χ3n) is 4.82. The second kappa shape index (κ2) is 6.46. The normalized spacial score (nSPS) is 31.2. The second-order valence-corrected chi connectivity index (χ2v) is 6.14. The summed E-state index contributed by atoms with van der Waals surface area (Å²) in [5, 5.41) is 9.10. The van der Waals surface area contributed by atoms with E-state index in [9.17, 15) is 9.59 Å². The van der Waals surface area contributed by atoms with E-state index < -0.39 is 5.97 Å². The zero-order valence-electron chi connectivity index (χ0n) is 12.5. The third kappa shape index (κ3) is 3.07. The van der Waals surface area contributed by atoms with E-state index in [1.807, 2.05) is 16.7 Å². The maximum absolute atomic E-state index is 12.7. The minimum atomic E-state index is -0.728. The molecule has 0 aromatic heterocycles. The lowest BCUT2D eigenvalue weighted by Crippen LogP contribution is -2.55. The predicted molar refractivity (Wildman–Crippen MR) is 76.6 cm³/mol. The summed E-state index contributed by atoms with van der Waals surface area (Å²) in [7, 11) is 0. The molecule has 2 amide bonds. The molecule has 3 unspecified atom stereocenters. The first-order chi connectivity index (χ1) is 9.54. The maximum Gasteiger partial charge on any atom is 0.320 e. The van der Waals surface area contributed by atoms with Crippen LogP contribution in [-0.2, 0) is 4.79 Å². The van der Waals surface area contributed by atoms with Gasteiger partial charge in [0.2, 0.25) is 0 Å². The van der Waals surface area contributed by atoms with Crippen LogP contribution in [0.3, 0.4) is 0 Å². The molecule has 2 fully saturated rings. The maximum atomic E-state index is 12.7. The molecule has 20 heavy (non-hydrogen) atoms. The number of rotatable bonds is 2. The van der Waals surface area contributed by atoms with Gasteiger partial charge in [0.1, 0.15) is 0 Å². The van der Waals surface area contributed by atoms with Gasteiger partial charge in [-0.3, -0.25) is 4.79 Å². The predicted octanol–water partition coefficient (Wildman–Crippen LogP) is 2.56. The molecule has 0 saturated carbocycles. The van der Waals surface area contributed by atoms with Crippen LogP contribution >= 0.6 is 0 Å². The van der Waals surface area contributed by atoms with Crippen LogP contribution in [0, 0.1) is 5.92 Å². The van der Waals surface area contributed by atoms with Gasteiger partial charge in [-0.25, -0.2) is 4.79 Å². The molecule has 2 aliphatic heterocycles. The number of piperidine rings is 2. The lowest BCUT2D eigenvalue weighted by molar-refractivity contribution is -0.143. The average molecular weight is 282 g/mol. The van der Waals surface area contributed by atoms with E-state index in [2.05, 4.69) is 6.92 Å². The van der Waals surface area contributed by atoms with Crippen molar-refractivity contribution in [1.29, 1.82) is 0 Å². The van der Waals surface area contributed by atoms with Crippen LogP contribution in [0.25, 0.3) is 0 Å². The van der Waals surface area contributed by atoms with E-state index in [1.165, 1.54) is 6.42 Å². The number of amides is 2. The van der Waals surface area contributed by atoms with Crippen LogP contribution in [0.2, 0.25) is 0 Å². The van der Waals surface area contributed by atoms with Gasteiger partial charge in [0, 0.05) is 25.2 Å². The molecule has 1 N–H and O–H groups in total. The number of carbonyl (C=O) groups excluding carboxylic acids is 1. The molecule has 2 saturated heterocycles. The highest BCUT2D eigenvalue weighted by molar-refractivity contribution is 5.76. The summed E-state index contributed by atoms with van der Waals surface area (Å²) in [6.07, 6.45) is 5.55. The summed E-state index contributed by atoms with van der Waals surface area (Å²) in [4.78, 5) is 27.7. The Morgan fingerprint density at radius 2 is 1.90 bits per heavy atom. The SMILES string of the molecule is CCC1CCCCN1C(=O)N1CCC(C(=O)O)CC1C. The van der Waals surface area contributed by atoms with Crippen molar-refractivity contribution >= 4 is 12.0 Å². The van der Waals surface area contributed by atoms with Gasteiger partial charge in [-0.2, -0.15) is 0 Å². The van der Waals surface area contributed by atoms with Crippen molar-refractivity contribution in [1.82, 2.24) is 9.80 Å². The average Bonchev–Trinajstić information content (AvgIpc) is 2.46. The monoisotopic (exact) mass is 282 g/mol. The highest BCUT2D eigenvalue weighted by Crippen LogP contribution is 2.27. The Bertz CT molecular complexity index is 372. The zero-order chi connectivity index (χ0) is 14.7. The fourth-order valence-corrected chi connectivity index (χ4v) is 3.52. The van der Waals surface area contributed by atoms with Crippen molar-refractivity contribution in [3.63, 3.8) is 0 Å². The molecule has 2 rings (SSSR count). The summed E-state index contributed by atoms with van der Waals surface area (Å²) in [6.45, 7) is 5.53. The minimum absolute atomic E-state index is 0.0248. The zero-order valence-corrected chi connectivity index (χ0v) is 12.5. The topological polar surface area (TPSA) is 60.9 Å². The van der Waals surface area contributed by atoms with Crippen LogP contribution in [-0.4, -0.2) is 52.1 Å². The Kier molecular flexibility index (Phi) is 4.89. The van der Waals surface area contributed by atoms with Crippen LogP contribution in [0.5, 0.6) is 0 Å². The highest BCUT2D eigenvalue weighted by Gasteiger charge is 2.36. The first kappa shape index (κ1) is 15.1. The molecule has 2 heterocycles. The lowest BCUT2D eigenvalue weighted by Gasteiger charge is -2.43. The van der Waals surface area contributed by atoms with Gasteiger partial charge in [-0.1, -0.05) is 6.92 Å². The number of nitrogens with zero attached hydrogens (tertiary/aromatic N) is 2. The van der Waals surface area contributed by atoms with Gasteiger partial charge in [-0.15, -0.1) is 0 Å². The molecule has 5 heteroatoms. The van der Waals surface area contributed by atoms with E-state index >= 15 is 0 Å². The molecule has 0 aliphatic carbocycles. The molecule has 5 nitrogen and oxygen atoms in total. The molecule has 0 aromatic rings. The van der Waals surface area contributed by atoms with E-state index in [-0.39, 0.29) is 18.0 Å². The van der Waals surface area contributed by atoms with Gasteiger partial charge >= 0.3 is 12.0 Å². The molecule has 0 bridgehead atoms.